The highest BCUT2D eigenvalue weighted by Crippen LogP contribution is 2.19. The molecule has 0 atom stereocenters. The molecular formula is C28H33BrClN13O5. The number of hydrogen-bond donors (Lipinski definition) is 7. The lowest BCUT2D eigenvalue weighted by Gasteiger charge is -2.04. The molecule has 20 heteroatoms. The number of amides is 5. The van der Waals surface area contributed by atoms with Gasteiger partial charge in [-0.2, -0.15) is 10.2 Å². The number of amidine groups is 1. The number of nitrogens with one attached hydrogen (secondary N) is 6. The number of nitrogens with two attached hydrogens (primary N) is 1. The van der Waals surface area contributed by atoms with Crippen LogP contribution in [0.5, 0.6) is 0 Å². The molecule has 0 spiro atoms. The highest BCUT2D eigenvalue weighted by molar-refractivity contribution is 9.12. The third kappa shape index (κ3) is 8.76. The zero-order chi connectivity index (χ0) is 34.6. The second-order valence-corrected chi connectivity index (χ2v) is 11.2. The monoisotopic (exact) mass is 745 g/mol. The van der Waals surface area contributed by atoms with E-state index in [2.05, 4.69) is 59.3 Å². The fourth-order valence-electron chi connectivity index (χ4n) is 4.35. The molecule has 18 nitrogen and oxygen atoms in total. The highest BCUT2D eigenvalue weighted by Gasteiger charge is 2.21. The van der Waals surface area contributed by atoms with Crippen LogP contribution in [0.25, 0.3) is 0 Å². The van der Waals surface area contributed by atoms with Crippen LogP contribution in [0.1, 0.15) is 48.4 Å². The normalized spacial score (nSPS) is 10.4. The number of aromatic nitrogens is 6. The van der Waals surface area contributed by atoms with Crippen molar-refractivity contribution >= 4 is 86.7 Å². The molecule has 254 valence electrons. The molecule has 0 aliphatic carbocycles. The fraction of sp³-hybridized carbons (Fsp3) is 0.214. The molecule has 4 aromatic heterocycles. The zero-order valence-corrected chi connectivity index (χ0v) is 28.6. The van der Waals surface area contributed by atoms with Gasteiger partial charge in [-0.25, -0.2) is 0 Å². The minimum absolute atomic E-state index is 0. The topological polar surface area (TPSA) is 241 Å². The standard InChI is InChI=1S/C28H32BrN13O5.ClH/c1-14(29)24(43)35-22-11-20(42(5)37-22)28(47)36-23-10-19(41(4)38-23)27(46)34-16-9-18(40(3)13-16)26(45)33-15-8-17(39(2)12-15)25(44)32-7-6-21(30)31;/h8-13H,1,6-7H2,2-5H3,(H3,30,31)(H,32,44)(H,33,45)(H,34,46)(H,35,37,43)(H,36,38,47);1H. The van der Waals surface area contributed by atoms with Crippen LogP contribution in [0.15, 0.2) is 47.7 Å². The number of aryl methyl sites for hydroxylation is 4. The van der Waals surface area contributed by atoms with Crippen LogP contribution in [0, 0.1) is 5.41 Å². The van der Waals surface area contributed by atoms with Crippen LogP contribution in [-0.4, -0.2) is 70.6 Å². The van der Waals surface area contributed by atoms with Crippen molar-refractivity contribution in [1.82, 2.24) is 34.0 Å². The molecule has 5 amide bonds. The predicted octanol–water partition coefficient (Wildman–Crippen LogP) is 1.91. The maximum atomic E-state index is 13.1. The van der Waals surface area contributed by atoms with Gasteiger partial charge >= 0.3 is 0 Å². The number of carbonyl (C=O) groups excluding carboxylic acids is 5. The van der Waals surface area contributed by atoms with Crippen molar-refractivity contribution in [1.29, 1.82) is 5.41 Å². The third-order valence-electron chi connectivity index (χ3n) is 6.63. The quantitative estimate of drug-likeness (QED) is 0.0640. The highest BCUT2D eigenvalue weighted by atomic mass is 79.9. The van der Waals surface area contributed by atoms with E-state index >= 15 is 0 Å². The van der Waals surface area contributed by atoms with Crippen molar-refractivity contribution in [3.8, 4) is 0 Å². The number of anilines is 4. The van der Waals surface area contributed by atoms with Gasteiger partial charge in [0, 0.05) is 65.7 Å². The smallest absolute Gasteiger partial charge is 0.275 e. The minimum atomic E-state index is -0.582. The molecule has 4 heterocycles. The van der Waals surface area contributed by atoms with Gasteiger partial charge < -0.3 is 41.5 Å². The molecule has 0 aliphatic rings. The molecule has 0 radical (unpaired) electrons. The number of nitrogens with zero attached hydrogens (tertiary/aromatic N) is 6. The van der Waals surface area contributed by atoms with Gasteiger partial charge in [0.2, 0.25) is 0 Å². The summed E-state index contributed by atoms with van der Waals surface area (Å²) < 4.78 is 5.72. The second-order valence-electron chi connectivity index (χ2n) is 10.3. The van der Waals surface area contributed by atoms with Crippen LogP contribution < -0.4 is 32.3 Å². The van der Waals surface area contributed by atoms with E-state index in [1.807, 2.05) is 0 Å². The van der Waals surface area contributed by atoms with Crippen LogP contribution in [-0.2, 0) is 33.0 Å². The van der Waals surface area contributed by atoms with Gasteiger partial charge in [0.25, 0.3) is 29.5 Å². The van der Waals surface area contributed by atoms with Crippen LogP contribution in [0.4, 0.5) is 23.0 Å². The van der Waals surface area contributed by atoms with Crippen LogP contribution in [0.3, 0.4) is 0 Å². The SMILES string of the molecule is C=C(Br)C(=O)Nc1cc(C(=O)Nc2cc(C(=O)Nc3cc(C(=O)Nc4cc(C(=O)NCCC(=N)N)n(C)c4)n(C)c3)n(C)n2)n(C)n1.Cl. The van der Waals surface area contributed by atoms with Crippen molar-refractivity contribution in [2.45, 2.75) is 6.42 Å². The maximum Gasteiger partial charge on any atom is 0.275 e. The average Bonchev–Trinajstić information content (AvgIpc) is 3.73. The Morgan fingerprint density at radius 3 is 1.67 bits per heavy atom. The molecule has 0 saturated heterocycles. The Kier molecular flexibility index (Phi) is 11.7. The van der Waals surface area contributed by atoms with Crippen LogP contribution >= 0.6 is 28.3 Å². The van der Waals surface area contributed by atoms with Gasteiger partial charge in [0.05, 0.1) is 21.7 Å². The predicted molar refractivity (Wildman–Crippen MR) is 184 cm³/mol. The molecule has 48 heavy (non-hydrogen) atoms. The average molecular weight is 747 g/mol. The van der Waals surface area contributed by atoms with Gasteiger partial charge in [-0.3, -0.25) is 38.7 Å². The summed E-state index contributed by atoms with van der Waals surface area (Å²) in [5, 5.41) is 28.7. The second kappa shape index (κ2) is 15.3. The van der Waals surface area contributed by atoms with E-state index in [0.29, 0.717) is 17.1 Å². The lowest BCUT2D eigenvalue weighted by molar-refractivity contribution is -0.112. The summed E-state index contributed by atoms with van der Waals surface area (Å²) in [5.41, 5.74) is 6.77. The summed E-state index contributed by atoms with van der Waals surface area (Å²) in [4.78, 5) is 63.3. The Balaban J connectivity index is 0.00000625. The van der Waals surface area contributed by atoms with Crippen molar-refractivity contribution in [2.75, 3.05) is 27.8 Å². The molecule has 0 unspecified atom stereocenters. The number of carbonyl (C=O) groups is 5. The van der Waals surface area contributed by atoms with E-state index in [0.717, 1.165) is 0 Å². The number of rotatable bonds is 12. The van der Waals surface area contributed by atoms with Crippen molar-refractivity contribution in [3.63, 3.8) is 0 Å². The first-order chi connectivity index (χ1) is 22.1. The van der Waals surface area contributed by atoms with Crippen molar-refractivity contribution < 1.29 is 24.0 Å². The Morgan fingerprint density at radius 2 is 1.19 bits per heavy atom. The molecule has 4 rings (SSSR count). The Morgan fingerprint density at radius 1 is 0.750 bits per heavy atom. The molecule has 0 aromatic carbocycles. The summed E-state index contributed by atoms with van der Waals surface area (Å²) in [6.07, 6.45) is 3.35. The minimum Gasteiger partial charge on any atom is -0.388 e. The van der Waals surface area contributed by atoms with E-state index in [-0.39, 0.29) is 70.3 Å². The lowest BCUT2D eigenvalue weighted by Crippen LogP contribution is -2.28. The van der Waals surface area contributed by atoms with E-state index in [1.54, 1.807) is 31.1 Å². The lowest BCUT2D eigenvalue weighted by atomic mass is 10.3. The third-order valence-corrected chi connectivity index (χ3v) is 6.99. The first kappa shape index (κ1) is 36.8. The van der Waals surface area contributed by atoms with Crippen molar-refractivity contribution in [3.05, 3.63) is 70.5 Å². The molecule has 8 N–H and O–H groups in total. The molecule has 0 aliphatic heterocycles. The summed E-state index contributed by atoms with van der Waals surface area (Å²) >= 11 is 2.97. The largest absolute Gasteiger partial charge is 0.388 e. The number of hydrogen-bond acceptors (Lipinski definition) is 8. The molecule has 4 aromatic rings. The number of halogens is 2. The van der Waals surface area contributed by atoms with Gasteiger partial charge in [-0.05, 0) is 28.1 Å². The van der Waals surface area contributed by atoms with E-state index in [1.165, 1.54) is 52.3 Å². The maximum absolute atomic E-state index is 13.1. The van der Waals surface area contributed by atoms with Gasteiger partial charge in [0.15, 0.2) is 11.6 Å². The molecule has 0 fully saturated rings. The molecular weight excluding hydrogens is 714 g/mol. The summed E-state index contributed by atoms with van der Waals surface area (Å²) in [6, 6.07) is 5.74. The summed E-state index contributed by atoms with van der Waals surface area (Å²) in [7, 11) is 6.33. The fourth-order valence-corrected chi connectivity index (χ4v) is 4.45. The summed E-state index contributed by atoms with van der Waals surface area (Å²) in [6.45, 7) is 3.68. The van der Waals surface area contributed by atoms with Crippen LogP contribution in [0.2, 0.25) is 0 Å². The van der Waals surface area contributed by atoms with E-state index < -0.39 is 23.6 Å². The first-order valence-corrected chi connectivity index (χ1v) is 14.5. The van der Waals surface area contributed by atoms with Gasteiger partial charge in [0.1, 0.15) is 22.8 Å². The Hall–Kier alpha value is -5.69. The Bertz CT molecular complexity index is 1940. The van der Waals surface area contributed by atoms with Gasteiger partial charge in [-0.1, -0.05) is 6.58 Å². The van der Waals surface area contributed by atoms with Crippen molar-refractivity contribution in [2.24, 2.45) is 33.9 Å². The Labute approximate surface area is 288 Å². The van der Waals surface area contributed by atoms with Gasteiger partial charge in [-0.15, -0.1) is 12.4 Å². The van der Waals surface area contributed by atoms with E-state index in [4.69, 9.17) is 11.1 Å². The zero-order valence-electron chi connectivity index (χ0n) is 26.2. The van der Waals surface area contributed by atoms with E-state index in [9.17, 15) is 24.0 Å². The first-order valence-electron chi connectivity index (χ1n) is 13.7. The molecule has 0 saturated carbocycles. The molecule has 0 bridgehead atoms. The summed E-state index contributed by atoms with van der Waals surface area (Å²) in [5.74, 6) is -2.34.